The van der Waals surface area contributed by atoms with Gasteiger partial charge in [0.2, 0.25) is 0 Å². The molecule has 0 unspecified atom stereocenters. The average Bonchev–Trinajstić information content (AvgIpc) is 3.22. The molecule has 0 aliphatic heterocycles. The van der Waals surface area contributed by atoms with Crippen LogP contribution in [0.4, 0.5) is 0 Å². The lowest BCUT2D eigenvalue weighted by atomic mass is 9.90. The maximum atomic E-state index is 12.3. The predicted octanol–water partition coefficient (Wildman–Crippen LogP) is 5.75. The lowest BCUT2D eigenvalue weighted by Crippen LogP contribution is -2.25. The summed E-state index contributed by atoms with van der Waals surface area (Å²) >= 11 is 0. The number of allylic oxidation sites excluding steroid dienone is 3. The maximum absolute atomic E-state index is 12.3. The Morgan fingerprint density at radius 2 is 1.44 bits per heavy atom. The number of rotatable bonds is 24. The van der Waals surface area contributed by atoms with Crippen LogP contribution in [0.25, 0.3) is 0 Å². The van der Waals surface area contributed by atoms with Crippen molar-refractivity contribution >= 4 is 17.7 Å². The molecule has 0 amide bonds. The van der Waals surface area contributed by atoms with Gasteiger partial charge in [-0.2, -0.15) is 0 Å². The molecule has 5 atom stereocenters. The van der Waals surface area contributed by atoms with Crippen LogP contribution in [0.1, 0.15) is 123 Å². The quantitative estimate of drug-likeness (QED) is 0.0747. The monoisotopic (exact) mass is 580 g/mol. The van der Waals surface area contributed by atoms with E-state index in [-0.39, 0.29) is 43.7 Å². The van der Waals surface area contributed by atoms with Gasteiger partial charge in [0.25, 0.3) is 0 Å². The lowest BCUT2D eigenvalue weighted by Gasteiger charge is -2.17. The number of hydrogen-bond acceptors (Lipinski definition) is 8. The van der Waals surface area contributed by atoms with E-state index >= 15 is 0 Å². The number of aliphatic hydroxyl groups excluding tert-OH is 3. The van der Waals surface area contributed by atoms with Crippen molar-refractivity contribution in [3.8, 4) is 0 Å². The topological polar surface area (TPSA) is 130 Å². The number of hydrogen-bond donors (Lipinski definition) is 3. The normalized spacial score (nSPS) is 20.6. The summed E-state index contributed by atoms with van der Waals surface area (Å²) in [6.45, 7) is 3.89. The minimum atomic E-state index is -1.04. The number of carbonyl (C=O) groups excluding carboxylic acids is 3. The first-order chi connectivity index (χ1) is 19.8. The summed E-state index contributed by atoms with van der Waals surface area (Å²) in [5.41, 5.74) is 0. The molecule has 0 aromatic heterocycles. The van der Waals surface area contributed by atoms with E-state index in [2.05, 4.69) is 13.8 Å². The summed E-state index contributed by atoms with van der Waals surface area (Å²) in [6.07, 6.45) is 19.0. The molecular weight excluding hydrogens is 524 g/mol. The Hall–Kier alpha value is -2.03. The summed E-state index contributed by atoms with van der Waals surface area (Å²) in [6, 6.07) is 0. The van der Waals surface area contributed by atoms with Crippen LogP contribution in [0.3, 0.4) is 0 Å². The molecule has 236 valence electrons. The Bertz CT molecular complexity index is 777. The molecule has 0 saturated heterocycles. The predicted molar refractivity (Wildman–Crippen MR) is 160 cm³/mol. The highest BCUT2D eigenvalue weighted by Gasteiger charge is 2.39. The van der Waals surface area contributed by atoms with Crippen molar-refractivity contribution in [2.75, 3.05) is 13.2 Å². The van der Waals surface area contributed by atoms with E-state index < -0.39 is 30.2 Å². The molecule has 0 radical (unpaired) electrons. The zero-order valence-electron chi connectivity index (χ0n) is 25.5. The highest BCUT2D eigenvalue weighted by Crippen LogP contribution is 2.33. The molecule has 0 bridgehead atoms. The van der Waals surface area contributed by atoms with Crippen LogP contribution in [0, 0.1) is 11.8 Å². The Morgan fingerprint density at radius 3 is 2.10 bits per heavy atom. The Morgan fingerprint density at radius 1 is 0.854 bits per heavy atom. The molecule has 1 rings (SSSR count). The molecule has 8 heteroatoms. The second kappa shape index (κ2) is 23.5. The van der Waals surface area contributed by atoms with E-state index in [0.717, 1.165) is 38.5 Å². The fourth-order valence-corrected chi connectivity index (χ4v) is 5.01. The molecular formula is C33H56O8. The number of esters is 2. The van der Waals surface area contributed by atoms with Crippen molar-refractivity contribution in [1.29, 1.82) is 0 Å². The number of Topliss-reactive ketones (excluding diaryl/α,β-unsaturated/α-hetero) is 1. The molecule has 0 spiro atoms. The fraction of sp³-hybridized carbons (Fsp3) is 0.788. The lowest BCUT2D eigenvalue weighted by molar-refractivity contribution is -0.152. The van der Waals surface area contributed by atoms with E-state index in [4.69, 9.17) is 9.47 Å². The highest BCUT2D eigenvalue weighted by atomic mass is 16.6. The average molecular weight is 581 g/mol. The van der Waals surface area contributed by atoms with Gasteiger partial charge >= 0.3 is 11.9 Å². The Labute approximate surface area is 247 Å². The van der Waals surface area contributed by atoms with Gasteiger partial charge in [-0.15, -0.1) is 0 Å². The standard InChI is InChI=1S/C33H56O8/c1-3-5-7-8-9-10-15-19-32(38)40-24-27(35)25-41-33(39)20-16-12-11-14-18-28-29(31(37)23-30(28)36)22-21-26(34)17-13-6-4-2/h11,14,21-22,26-30,34-36H,3-10,12-13,15-20,23-25H2,1-2H3/b14-11-,22-21+/t26-,27-,28+,29+,30-/m0/s1. The van der Waals surface area contributed by atoms with Crippen molar-refractivity contribution in [2.24, 2.45) is 11.8 Å². The third kappa shape index (κ3) is 18.2. The minimum Gasteiger partial charge on any atom is -0.463 e. The summed E-state index contributed by atoms with van der Waals surface area (Å²) in [5, 5.41) is 30.4. The van der Waals surface area contributed by atoms with Crippen molar-refractivity contribution in [1.82, 2.24) is 0 Å². The first-order valence-corrected chi connectivity index (χ1v) is 16.0. The molecule has 1 aliphatic carbocycles. The van der Waals surface area contributed by atoms with Crippen LogP contribution in [-0.4, -0.2) is 64.6 Å². The van der Waals surface area contributed by atoms with Crippen LogP contribution in [0.5, 0.6) is 0 Å². The minimum absolute atomic E-state index is 0.000716. The van der Waals surface area contributed by atoms with E-state index in [1.807, 2.05) is 12.2 Å². The molecule has 0 heterocycles. The molecule has 41 heavy (non-hydrogen) atoms. The molecule has 0 aromatic carbocycles. The molecule has 1 aliphatic rings. The fourth-order valence-electron chi connectivity index (χ4n) is 5.01. The van der Waals surface area contributed by atoms with Crippen molar-refractivity contribution in [3.05, 3.63) is 24.3 Å². The van der Waals surface area contributed by atoms with Gasteiger partial charge in [-0.1, -0.05) is 95.9 Å². The van der Waals surface area contributed by atoms with Gasteiger partial charge in [0, 0.05) is 31.1 Å². The molecule has 1 saturated carbocycles. The molecule has 3 N–H and O–H groups in total. The van der Waals surface area contributed by atoms with E-state index in [1.54, 1.807) is 12.2 Å². The van der Waals surface area contributed by atoms with Crippen LogP contribution < -0.4 is 0 Å². The summed E-state index contributed by atoms with van der Waals surface area (Å²) in [5.74, 6) is -1.37. The number of ether oxygens (including phenoxy) is 2. The first-order valence-electron chi connectivity index (χ1n) is 16.0. The van der Waals surface area contributed by atoms with E-state index in [0.29, 0.717) is 32.1 Å². The van der Waals surface area contributed by atoms with Gasteiger partial charge in [0.1, 0.15) is 25.1 Å². The SMILES string of the molecule is CCCCCCCCCC(=O)OC[C@H](O)COC(=O)CCC/C=C\C[C@H]1[C@@H](O)CC(=O)[C@@H]1/C=C/[C@@H](O)CCCCC. The smallest absolute Gasteiger partial charge is 0.305 e. The van der Waals surface area contributed by atoms with Gasteiger partial charge in [-0.3, -0.25) is 14.4 Å². The third-order valence-electron chi connectivity index (χ3n) is 7.57. The number of ketones is 1. The summed E-state index contributed by atoms with van der Waals surface area (Å²) < 4.78 is 10.2. The molecule has 0 aromatic rings. The Kier molecular flexibility index (Phi) is 21.2. The number of aliphatic hydroxyl groups is 3. The van der Waals surface area contributed by atoms with Crippen LogP contribution in [0.15, 0.2) is 24.3 Å². The van der Waals surface area contributed by atoms with Gasteiger partial charge < -0.3 is 24.8 Å². The largest absolute Gasteiger partial charge is 0.463 e. The first kappa shape index (κ1) is 37.0. The third-order valence-corrected chi connectivity index (χ3v) is 7.57. The second-order valence-corrected chi connectivity index (χ2v) is 11.4. The van der Waals surface area contributed by atoms with Crippen molar-refractivity contribution < 1.29 is 39.2 Å². The molecule has 8 nitrogen and oxygen atoms in total. The zero-order chi connectivity index (χ0) is 30.3. The van der Waals surface area contributed by atoms with E-state index in [1.165, 1.54) is 25.7 Å². The number of carbonyl (C=O) groups is 3. The summed E-state index contributed by atoms with van der Waals surface area (Å²) in [4.78, 5) is 36.1. The summed E-state index contributed by atoms with van der Waals surface area (Å²) in [7, 11) is 0. The second-order valence-electron chi connectivity index (χ2n) is 11.4. The van der Waals surface area contributed by atoms with Crippen LogP contribution in [0.2, 0.25) is 0 Å². The maximum Gasteiger partial charge on any atom is 0.305 e. The molecule has 1 fully saturated rings. The van der Waals surface area contributed by atoms with Crippen LogP contribution in [-0.2, 0) is 23.9 Å². The van der Waals surface area contributed by atoms with Gasteiger partial charge in [0.15, 0.2) is 0 Å². The van der Waals surface area contributed by atoms with Crippen molar-refractivity contribution in [2.45, 2.75) is 141 Å². The van der Waals surface area contributed by atoms with Crippen molar-refractivity contribution in [3.63, 3.8) is 0 Å². The highest BCUT2D eigenvalue weighted by molar-refractivity contribution is 5.86. The van der Waals surface area contributed by atoms with E-state index in [9.17, 15) is 29.7 Å². The van der Waals surface area contributed by atoms with Gasteiger partial charge in [-0.25, -0.2) is 0 Å². The van der Waals surface area contributed by atoms with Gasteiger partial charge in [0.05, 0.1) is 12.2 Å². The van der Waals surface area contributed by atoms with Gasteiger partial charge in [-0.05, 0) is 32.1 Å². The Balaban J connectivity index is 2.18. The zero-order valence-corrected chi connectivity index (χ0v) is 25.5. The van der Waals surface area contributed by atoms with Crippen LogP contribution >= 0.6 is 0 Å². The number of unbranched alkanes of at least 4 members (excludes halogenated alkanes) is 9.